The lowest BCUT2D eigenvalue weighted by molar-refractivity contribution is 1.28. The van der Waals surface area contributed by atoms with Gasteiger partial charge < -0.3 is 0 Å². The number of hydrogen-bond donors (Lipinski definition) is 0. The smallest absolute Gasteiger partial charge is 0.0709 e. The SMILES string of the molecule is CC=c1cc2ccccc2nc1=CC. The van der Waals surface area contributed by atoms with E-state index in [1.54, 1.807) is 0 Å². The van der Waals surface area contributed by atoms with Gasteiger partial charge in [-0.2, -0.15) is 0 Å². The number of nitrogens with zero attached hydrogens (tertiary/aromatic N) is 1. The first-order valence-electron chi connectivity index (χ1n) is 4.83. The Morgan fingerprint density at radius 2 is 1.86 bits per heavy atom. The normalized spacial score (nSPS) is 13.9. The van der Waals surface area contributed by atoms with Crippen LogP contribution in [0.3, 0.4) is 0 Å². The largest absolute Gasteiger partial charge is 0.248 e. The van der Waals surface area contributed by atoms with Crippen molar-refractivity contribution in [2.45, 2.75) is 13.8 Å². The molecule has 0 N–H and O–H groups in total. The minimum Gasteiger partial charge on any atom is -0.248 e. The fourth-order valence-electron chi connectivity index (χ4n) is 1.61. The van der Waals surface area contributed by atoms with Gasteiger partial charge in [-0.3, -0.25) is 0 Å². The molecule has 0 bridgehead atoms. The first kappa shape index (κ1) is 8.95. The molecule has 0 saturated carbocycles. The van der Waals surface area contributed by atoms with Crippen molar-refractivity contribution in [3.05, 3.63) is 40.9 Å². The van der Waals surface area contributed by atoms with Gasteiger partial charge in [-0.15, -0.1) is 0 Å². The first-order valence-corrected chi connectivity index (χ1v) is 4.83. The standard InChI is InChI=1S/C13H13N/c1-3-10-9-11-7-5-6-8-13(11)14-12(10)4-2/h3-9H,1-2H3. The molecule has 0 unspecified atom stereocenters. The van der Waals surface area contributed by atoms with E-state index in [1.165, 1.54) is 10.6 Å². The van der Waals surface area contributed by atoms with E-state index in [0.717, 1.165) is 10.9 Å². The lowest BCUT2D eigenvalue weighted by Crippen LogP contribution is -2.27. The van der Waals surface area contributed by atoms with Crippen LogP contribution in [0, 0.1) is 0 Å². The van der Waals surface area contributed by atoms with E-state index >= 15 is 0 Å². The third-order valence-electron chi connectivity index (χ3n) is 2.37. The minimum absolute atomic E-state index is 1.06. The van der Waals surface area contributed by atoms with Crippen molar-refractivity contribution in [1.29, 1.82) is 0 Å². The van der Waals surface area contributed by atoms with Gasteiger partial charge in [0, 0.05) is 5.39 Å². The summed E-state index contributed by atoms with van der Waals surface area (Å²) in [5.74, 6) is 0. The van der Waals surface area contributed by atoms with Gasteiger partial charge in [-0.25, -0.2) is 4.98 Å². The van der Waals surface area contributed by atoms with Crippen molar-refractivity contribution in [2.75, 3.05) is 0 Å². The fourth-order valence-corrected chi connectivity index (χ4v) is 1.61. The molecule has 1 aromatic heterocycles. The molecule has 0 aliphatic carbocycles. The number of benzene rings is 1. The summed E-state index contributed by atoms with van der Waals surface area (Å²) >= 11 is 0. The van der Waals surface area contributed by atoms with Crippen LogP contribution in [0.1, 0.15) is 13.8 Å². The van der Waals surface area contributed by atoms with Crippen LogP contribution in [0.2, 0.25) is 0 Å². The molecule has 1 heterocycles. The zero-order valence-electron chi connectivity index (χ0n) is 8.49. The van der Waals surface area contributed by atoms with Crippen LogP contribution in [0.4, 0.5) is 0 Å². The fraction of sp³-hybridized carbons (Fsp3) is 0.154. The summed E-state index contributed by atoms with van der Waals surface area (Å²) in [6.45, 7) is 4.06. The molecule has 0 amide bonds. The Morgan fingerprint density at radius 1 is 1.07 bits per heavy atom. The average molecular weight is 183 g/mol. The van der Waals surface area contributed by atoms with E-state index in [0.29, 0.717) is 0 Å². The predicted octanol–water partition coefficient (Wildman–Crippen LogP) is 1.84. The number of aromatic nitrogens is 1. The maximum Gasteiger partial charge on any atom is 0.0709 e. The van der Waals surface area contributed by atoms with Gasteiger partial charge in [-0.05, 0) is 31.2 Å². The minimum atomic E-state index is 1.06. The molecule has 0 radical (unpaired) electrons. The van der Waals surface area contributed by atoms with Crippen LogP contribution in [-0.2, 0) is 0 Å². The molecular weight excluding hydrogens is 170 g/mol. The number of pyridine rings is 1. The Hall–Kier alpha value is -1.63. The average Bonchev–Trinajstić information content (AvgIpc) is 2.27. The Labute approximate surface area is 83.4 Å². The molecule has 0 saturated heterocycles. The zero-order chi connectivity index (χ0) is 9.97. The Morgan fingerprint density at radius 3 is 2.57 bits per heavy atom. The van der Waals surface area contributed by atoms with Gasteiger partial charge in [0.25, 0.3) is 0 Å². The second-order valence-electron chi connectivity index (χ2n) is 3.23. The monoisotopic (exact) mass is 183 g/mol. The summed E-state index contributed by atoms with van der Waals surface area (Å²) in [7, 11) is 0. The summed E-state index contributed by atoms with van der Waals surface area (Å²) in [5.41, 5.74) is 1.06. The molecule has 0 spiro atoms. The molecule has 0 fully saturated rings. The third-order valence-corrected chi connectivity index (χ3v) is 2.37. The highest BCUT2D eigenvalue weighted by Crippen LogP contribution is 2.05. The molecule has 2 rings (SSSR count). The zero-order valence-corrected chi connectivity index (χ0v) is 8.49. The van der Waals surface area contributed by atoms with Crippen LogP contribution < -0.4 is 10.6 Å². The molecule has 0 aliphatic rings. The van der Waals surface area contributed by atoms with Crippen molar-refractivity contribution in [3.63, 3.8) is 0 Å². The van der Waals surface area contributed by atoms with Gasteiger partial charge in [0.15, 0.2) is 0 Å². The van der Waals surface area contributed by atoms with Crippen LogP contribution in [-0.4, -0.2) is 4.98 Å². The molecule has 2 aromatic rings. The van der Waals surface area contributed by atoms with E-state index in [1.807, 2.05) is 38.1 Å². The quantitative estimate of drug-likeness (QED) is 0.607. The molecule has 1 heteroatoms. The first-order chi connectivity index (χ1) is 6.85. The molecule has 1 nitrogen and oxygen atoms in total. The van der Waals surface area contributed by atoms with Crippen LogP contribution in [0.15, 0.2) is 30.3 Å². The number of para-hydroxylation sites is 1. The second-order valence-corrected chi connectivity index (χ2v) is 3.23. The van der Waals surface area contributed by atoms with Crippen LogP contribution in [0.5, 0.6) is 0 Å². The summed E-state index contributed by atoms with van der Waals surface area (Å²) < 4.78 is 0. The lowest BCUT2D eigenvalue weighted by atomic mass is 10.2. The molecule has 1 aromatic carbocycles. The molecule has 0 aliphatic heterocycles. The van der Waals surface area contributed by atoms with Gasteiger partial charge in [0.2, 0.25) is 0 Å². The Kier molecular flexibility index (Phi) is 2.32. The Balaban J connectivity index is 2.98. The maximum absolute atomic E-state index is 4.58. The van der Waals surface area contributed by atoms with Gasteiger partial charge in [0.05, 0.1) is 10.9 Å². The molecule has 70 valence electrons. The van der Waals surface area contributed by atoms with Gasteiger partial charge in [0.1, 0.15) is 0 Å². The van der Waals surface area contributed by atoms with E-state index in [2.05, 4.69) is 23.2 Å². The van der Waals surface area contributed by atoms with E-state index in [9.17, 15) is 0 Å². The highest BCUT2D eigenvalue weighted by Gasteiger charge is 1.92. The summed E-state index contributed by atoms with van der Waals surface area (Å²) in [4.78, 5) is 4.58. The maximum atomic E-state index is 4.58. The van der Waals surface area contributed by atoms with Crippen molar-refractivity contribution in [3.8, 4) is 0 Å². The molecular formula is C13H13N. The lowest BCUT2D eigenvalue weighted by Gasteiger charge is -1.96. The van der Waals surface area contributed by atoms with E-state index in [4.69, 9.17) is 0 Å². The van der Waals surface area contributed by atoms with E-state index in [-0.39, 0.29) is 0 Å². The topological polar surface area (TPSA) is 12.9 Å². The summed E-state index contributed by atoms with van der Waals surface area (Å²) in [5, 5.41) is 3.46. The van der Waals surface area contributed by atoms with E-state index < -0.39 is 0 Å². The number of hydrogen-bond acceptors (Lipinski definition) is 1. The predicted molar refractivity (Wildman–Crippen MR) is 61.3 cm³/mol. The summed E-state index contributed by atoms with van der Waals surface area (Å²) in [6, 6.07) is 10.4. The number of rotatable bonds is 0. The van der Waals surface area contributed by atoms with Crippen molar-refractivity contribution in [1.82, 2.24) is 4.98 Å². The van der Waals surface area contributed by atoms with Crippen molar-refractivity contribution in [2.24, 2.45) is 0 Å². The van der Waals surface area contributed by atoms with Crippen LogP contribution >= 0.6 is 0 Å². The van der Waals surface area contributed by atoms with Gasteiger partial charge in [-0.1, -0.05) is 30.4 Å². The highest BCUT2D eigenvalue weighted by molar-refractivity contribution is 5.78. The summed E-state index contributed by atoms with van der Waals surface area (Å²) in [6.07, 6.45) is 4.14. The highest BCUT2D eigenvalue weighted by atomic mass is 14.7. The molecule has 0 atom stereocenters. The van der Waals surface area contributed by atoms with Crippen LogP contribution in [0.25, 0.3) is 23.1 Å². The number of fused-ring (bicyclic) bond motifs is 1. The Bertz CT molecular complexity index is 515. The third kappa shape index (κ3) is 1.41. The van der Waals surface area contributed by atoms with Crippen molar-refractivity contribution >= 4 is 23.1 Å². The van der Waals surface area contributed by atoms with Crippen molar-refractivity contribution < 1.29 is 0 Å². The second kappa shape index (κ2) is 3.62. The van der Waals surface area contributed by atoms with Gasteiger partial charge >= 0.3 is 0 Å². The molecule has 14 heavy (non-hydrogen) atoms.